The summed E-state index contributed by atoms with van der Waals surface area (Å²) in [4.78, 5) is 73.0. The van der Waals surface area contributed by atoms with Gasteiger partial charge < -0.3 is 33.8 Å². The predicted octanol–water partition coefficient (Wildman–Crippen LogP) is 24.1. The van der Waals surface area contributed by atoms with Crippen molar-refractivity contribution in [3.8, 4) is 0 Å². The monoisotopic (exact) mass is 1500 g/mol. The van der Waals surface area contributed by atoms with E-state index in [1.165, 1.54) is 122 Å². The van der Waals surface area contributed by atoms with Crippen molar-refractivity contribution in [1.82, 2.24) is 0 Å². The first kappa shape index (κ1) is 99.7. The Kier molecular flexibility index (Phi) is 73.7. The van der Waals surface area contributed by atoms with Gasteiger partial charge in [-0.3, -0.25) is 37.3 Å². The molecule has 0 aromatic rings. The van der Waals surface area contributed by atoms with E-state index in [0.717, 1.165) is 141 Å². The molecule has 0 rings (SSSR count). The molecule has 5 unspecified atom stereocenters. The molecule has 0 fully saturated rings. The third kappa shape index (κ3) is 75.9. The standard InChI is InChI=1S/C85H148O17P2/c1-5-9-13-17-21-25-29-33-35-37-39-41-43-47-49-53-57-61-65-69-82(87)95-75-80(101-84(89)71-67-63-59-55-51-45-31-27-23-19-15-11-7-3)77-99-103(91,92)97-73-79(86)74-98-104(93,94)100-78-81(102-85(90)72-68-64-60-56-52-46-32-28-24-20-16-12-8-4)76-96-83(88)70-66-62-58-54-50-48-44-42-40-38-36-34-30-26-22-18-14-10-6-2/h9,13,21-22,25-26,33-36,39-42,47,49,57,61,79-81,86H,5-8,10-12,14-20,23-24,27-32,37-38,43-46,48,50-56,58-60,62-78H2,1-4H3,(H,91,92)(H,93,94)/b13-9-,25-21-,26-22-,35-33-,36-34-,41-39-,42-40-,49-47-,61-57-. The van der Waals surface area contributed by atoms with Gasteiger partial charge in [0.25, 0.3) is 0 Å². The summed E-state index contributed by atoms with van der Waals surface area (Å²) in [5.41, 5.74) is 0. The molecule has 0 heterocycles. The third-order valence-electron chi connectivity index (χ3n) is 17.3. The second kappa shape index (κ2) is 76.9. The Morgan fingerprint density at radius 1 is 0.279 bits per heavy atom. The van der Waals surface area contributed by atoms with E-state index >= 15 is 0 Å². The number of esters is 4. The fourth-order valence-corrected chi connectivity index (χ4v) is 12.6. The van der Waals surface area contributed by atoms with Gasteiger partial charge >= 0.3 is 39.5 Å². The number of carbonyl (C=O) groups excluding carboxylic acids is 4. The van der Waals surface area contributed by atoms with Gasteiger partial charge in [-0.2, -0.15) is 0 Å². The maximum Gasteiger partial charge on any atom is 0.472 e. The van der Waals surface area contributed by atoms with Crippen LogP contribution < -0.4 is 0 Å². The molecule has 0 saturated heterocycles. The molecule has 0 spiro atoms. The van der Waals surface area contributed by atoms with Crippen molar-refractivity contribution < 1.29 is 80.2 Å². The molecule has 104 heavy (non-hydrogen) atoms. The van der Waals surface area contributed by atoms with Crippen LogP contribution in [0.2, 0.25) is 0 Å². The normalized spacial score (nSPS) is 14.4. The van der Waals surface area contributed by atoms with Gasteiger partial charge in [-0.05, 0) is 103 Å². The molecule has 19 heteroatoms. The predicted molar refractivity (Wildman–Crippen MR) is 427 cm³/mol. The lowest BCUT2D eigenvalue weighted by atomic mass is 10.0. The summed E-state index contributed by atoms with van der Waals surface area (Å²) in [6.07, 6.45) is 83.6. The fourth-order valence-electron chi connectivity index (χ4n) is 11.0. The number of allylic oxidation sites excluding steroid dienone is 18. The average Bonchev–Trinajstić information content (AvgIpc) is 0.913. The number of aliphatic hydroxyl groups excluding tert-OH is 1. The Morgan fingerprint density at radius 2 is 0.519 bits per heavy atom. The van der Waals surface area contributed by atoms with Crippen molar-refractivity contribution >= 4 is 39.5 Å². The highest BCUT2D eigenvalue weighted by Gasteiger charge is 2.30. The molecule has 0 saturated carbocycles. The summed E-state index contributed by atoms with van der Waals surface area (Å²) in [5, 5.41) is 10.6. The van der Waals surface area contributed by atoms with E-state index in [9.17, 15) is 43.2 Å². The van der Waals surface area contributed by atoms with Crippen LogP contribution in [0.3, 0.4) is 0 Å². The molecule has 0 radical (unpaired) electrons. The molecule has 0 bridgehead atoms. The summed E-state index contributed by atoms with van der Waals surface area (Å²) in [6, 6.07) is 0. The summed E-state index contributed by atoms with van der Waals surface area (Å²) < 4.78 is 68.6. The molecule has 5 atom stereocenters. The molecule has 0 aliphatic rings. The Balaban J connectivity index is 5.38. The minimum absolute atomic E-state index is 0.0375. The first-order valence-electron chi connectivity index (χ1n) is 41.1. The SMILES string of the molecule is CC/C=C\C/C=C\C/C=C\C/C=C\C/C=C\C/C=C\CCC(=O)OCC(COP(=O)(O)OCC(O)COP(=O)(O)OCC(COC(=O)CCCCCCCC/C=C\C/C=C\C/C=C\CCCCC)OC(=O)CCCCCCCCCCCCCCC)OC(=O)CCCCCCCCCCCCCCC. The number of carbonyl (C=O) groups is 4. The first-order chi connectivity index (χ1) is 50.7. The number of hydrogen-bond acceptors (Lipinski definition) is 15. The van der Waals surface area contributed by atoms with Crippen LogP contribution in [0.5, 0.6) is 0 Å². The lowest BCUT2D eigenvalue weighted by Gasteiger charge is -2.21. The molecule has 600 valence electrons. The first-order valence-corrected chi connectivity index (χ1v) is 44.1. The van der Waals surface area contributed by atoms with Crippen LogP contribution in [0, 0.1) is 0 Å². The minimum atomic E-state index is -4.99. The van der Waals surface area contributed by atoms with Gasteiger partial charge in [0, 0.05) is 25.7 Å². The van der Waals surface area contributed by atoms with E-state index in [1.807, 2.05) is 18.2 Å². The molecule has 0 aromatic heterocycles. The van der Waals surface area contributed by atoms with Crippen LogP contribution in [0.25, 0.3) is 0 Å². The van der Waals surface area contributed by atoms with Crippen molar-refractivity contribution in [2.45, 2.75) is 367 Å². The second-order valence-electron chi connectivity index (χ2n) is 27.3. The van der Waals surface area contributed by atoms with Crippen LogP contribution in [-0.2, 0) is 65.4 Å². The van der Waals surface area contributed by atoms with Crippen LogP contribution in [0.1, 0.15) is 349 Å². The van der Waals surface area contributed by atoms with Gasteiger partial charge in [0.2, 0.25) is 0 Å². The van der Waals surface area contributed by atoms with Gasteiger partial charge in [0.1, 0.15) is 19.3 Å². The molecule has 0 aliphatic carbocycles. The van der Waals surface area contributed by atoms with Gasteiger partial charge in [0.15, 0.2) is 12.2 Å². The van der Waals surface area contributed by atoms with Crippen molar-refractivity contribution in [2.24, 2.45) is 0 Å². The average molecular weight is 1500 g/mol. The molecule has 0 aromatic carbocycles. The maximum atomic E-state index is 13.1. The zero-order valence-corrected chi connectivity index (χ0v) is 67.5. The molecule has 0 aliphatic heterocycles. The molecular weight excluding hydrogens is 1350 g/mol. The van der Waals surface area contributed by atoms with Crippen LogP contribution in [0.4, 0.5) is 0 Å². The number of unbranched alkanes of at least 4 members (excludes halogenated alkanes) is 33. The van der Waals surface area contributed by atoms with Crippen LogP contribution in [-0.4, -0.2) is 96.7 Å². The Hall–Kier alpha value is -4.28. The zero-order valence-electron chi connectivity index (χ0n) is 65.7. The van der Waals surface area contributed by atoms with Crippen LogP contribution in [0.15, 0.2) is 109 Å². The number of phosphoric ester groups is 2. The highest BCUT2D eigenvalue weighted by Crippen LogP contribution is 2.45. The second-order valence-corrected chi connectivity index (χ2v) is 30.3. The lowest BCUT2D eigenvalue weighted by molar-refractivity contribution is -0.161. The third-order valence-corrected chi connectivity index (χ3v) is 19.2. The number of rotatable bonds is 77. The van der Waals surface area contributed by atoms with Gasteiger partial charge in [-0.15, -0.1) is 0 Å². The smallest absolute Gasteiger partial charge is 0.462 e. The summed E-state index contributed by atoms with van der Waals surface area (Å²) in [5.74, 6) is -2.26. The van der Waals surface area contributed by atoms with Crippen molar-refractivity contribution in [3.63, 3.8) is 0 Å². The van der Waals surface area contributed by atoms with Gasteiger partial charge in [-0.25, -0.2) is 9.13 Å². The quantitative estimate of drug-likeness (QED) is 0.0169. The van der Waals surface area contributed by atoms with Crippen molar-refractivity contribution in [1.29, 1.82) is 0 Å². The lowest BCUT2D eigenvalue weighted by Crippen LogP contribution is -2.30. The zero-order chi connectivity index (χ0) is 76.0. The van der Waals surface area contributed by atoms with E-state index < -0.39 is 97.5 Å². The van der Waals surface area contributed by atoms with E-state index in [4.69, 9.17) is 37.0 Å². The molecular formula is C85H148O17P2. The maximum absolute atomic E-state index is 13.1. The van der Waals surface area contributed by atoms with Gasteiger partial charge in [0.05, 0.1) is 26.4 Å². The van der Waals surface area contributed by atoms with Gasteiger partial charge in [-0.1, -0.05) is 330 Å². The van der Waals surface area contributed by atoms with Crippen molar-refractivity contribution in [2.75, 3.05) is 39.6 Å². The number of hydrogen-bond donors (Lipinski definition) is 3. The van der Waals surface area contributed by atoms with E-state index in [-0.39, 0.29) is 25.7 Å². The Morgan fingerprint density at radius 3 is 0.846 bits per heavy atom. The molecule has 17 nitrogen and oxygen atoms in total. The van der Waals surface area contributed by atoms with E-state index in [1.54, 1.807) is 0 Å². The number of aliphatic hydroxyl groups is 1. The molecule has 3 N–H and O–H groups in total. The van der Waals surface area contributed by atoms with Crippen LogP contribution >= 0.6 is 15.6 Å². The summed E-state index contributed by atoms with van der Waals surface area (Å²) >= 11 is 0. The fraction of sp³-hybridized carbons (Fsp3) is 0.741. The minimum Gasteiger partial charge on any atom is -0.462 e. The number of phosphoric acid groups is 2. The van der Waals surface area contributed by atoms with E-state index in [2.05, 4.69) is 119 Å². The van der Waals surface area contributed by atoms with Crippen molar-refractivity contribution in [3.05, 3.63) is 109 Å². The van der Waals surface area contributed by atoms with E-state index in [0.29, 0.717) is 32.1 Å². The highest BCUT2D eigenvalue weighted by molar-refractivity contribution is 7.47. The molecule has 0 amide bonds. The number of ether oxygens (including phenoxy) is 4. The largest absolute Gasteiger partial charge is 0.472 e. The Bertz CT molecular complexity index is 2390. The Labute approximate surface area is 632 Å². The summed E-state index contributed by atoms with van der Waals surface area (Å²) in [7, 11) is -9.97. The topological polar surface area (TPSA) is 237 Å². The highest BCUT2D eigenvalue weighted by atomic mass is 31.2. The summed E-state index contributed by atoms with van der Waals surface area (Å²) in [6.45, 7) is 4.68.